The van der Waals surface area contributed by atoms with Crippen LogP contribution in [0.4, 0.5) is 26.3 Å². The van der Waals surface area contributed by atoms with Gasteiger partial charge in [-0.3, -0.25) is 0 Å². The van der Waals surface area contributed by atoms with Crippen molar-refractivity contribution >= 4 is 0 Å². The maximum atomic E-state index is 13.6. The van der Waals surface area contributed by atoms with Crippen molar-refractivity contribution in [3.8, 4) is 16.9 Å². The number of benzene rings is 2. The third-order valence-corrected chi connectivity index (χ3v) is 3.57. The number of phenols is 1. The van der Waals surface area contributed by atoms with Crippen molar-refractivity contribution < 1.29 is 31.4 Å². The molecule has 130 valence electrons. The Morgan fingerprint density at radius 2 is 1.42 bits per heavy atom. The van der Waals surface area contributed by atoms with Crippen LogP contribution in [0.15, 0.2) is 36.4 Å². The second kappa shape index (κ2) is 6.03. The van der Waals surface area contributed by atoms with Crippen LogP contribution in [0.25, 0.3) is 11.1 Å². The van der Waals surface area contributed by atoms with Gasteiger partial charge < -0.3 is 5.11 Å². The molecule has 0 aliphatic rings. The highest BCUT2D eigenvalue weighted by molar-refractivity contribution is 5.76. The van der Waals surface area contributed by atoms with E-state index in [1.807, 2.05) is 0 Å². The van der Waals surface area contributed by atoms with Gasteiger partial charge in [0, 0.05) is 11.1 Å². The van der Waals surface area contributed by atoms with Crippen molar-refractivity contribution in [1.29, 1.82) is 0 Å². The Kier molecular flexibility index (Phi) is 4.57. The van der Waals surface area contributed by atoms with Crippen LogP contribution in [-0.2, 0) is 12.4 Å². The Hall–Kier alpha value is -2.18. The molecule has 2 aromatic rings. The topological polar surface area (TPSA) is 20.2 Å². The summed E-state index contributed by atoms with van der Waals surface area (Å²) in [5.41, 5.74) is -4.68. The first kappa shape index (κ1) is 18.2. The van der Waals surface area contributed by atoms with Crippen molar-refractivity contribution in [3.63, 3.8) is 0 Å². The Morgan fingerprint density at radius 3 is 1.83 bits per heavy atom. The van der Waals surface area contributed by atoms with Gasteiger partial charge in [0.15, 0.2) is 0 Å². The number of alkyl halides is 6. The van der Waals surface area contributed by atoms with Gasteiger partial charge in [0.25, 0.3) is 0 Å². The van der Waals surface area contributed by atoms with Gasteiger partial charge in [-0.25, -0.2) is 0 Å². The monoisotopic (exact) mass is 348 g/mol. The SMILES string of the molecule is CC(C)c1c(O)cc(C(F)(F)F)c(-c2ccccc2)c1C(F)(F)F. The summed E-state index contributed by atoms with van der Waals surface area (Å²) >= 11 is 0. The van der Waals surface area contributed by atoms with E-state index in [9.17, 15) is 31.4 Å². The van der Waals surface area contributed by atoms with Crippen LogP contribution in [0.5, 0.6) is 5.75 Å². The van der Waals surface area contributed by atoms with Crippen LogP contribution < -0.4 is 0 Å². The molecule has 0 radical (unpaired) electrons. The molecule has 0 amide bonds. The first-order valence-electron chi connectivity index (χ1n) is 7.04. The van der Waals surface area contributed by atoms with Crippen molar-refractivity contribution in [3.05, 3.63) is 53.1 Å². The largest absolute Gasteiger partial charge is 0.508 e. The number of rotatable bonds is 2. The van der Waals surface area contributed by atoms with E-state index in [0.717, 1.165) is 0 Å². The highest BCUT2D eigenvalue weighted by atomic mass is 19.4. The molecule has 0 fully saturated rings. The normalized spacial score (nSPS) is 12.7. The average molecular weight is 348 g/mol. The number of halogens is 6. The minimum absolute atomic E-state index is 0.209. The molecule has 0 atom stereocenters. The lowest BCUT2D eigenvalue weighted by molar-refractivity contribution is -0.142. The van der Waals surface area contributed by atoms with E-state index >= 15 is 0 Å². The molecule has 0 bridgehead atoms. The van der Waals surface area contributed by atoms with Gasteiger partial charge >= 0.3 is 12.4 Å². The molecule has 0 aliphatic heterocycles. The van der Waals surface area contributed by atoms with E-state index in [4.69, 9.17) is 0 Å². The minimum Gasteiger partial charge on any atom is -0.508 e. The van der Waals surface area contributed by atoms with Gasteiger partial charge in [-0.1, -0.05) is 44.2 Å². The molecule has 0 heterocycles. The average Bonchev–Trinajstić information content (AvgIpc) is 2.44. The number of phenolic OH excluding ortho intramolecular Hbond substituents is 1. The van der Waals surface area contributed by atoms with Crippen LogP contribution >= 0.6 is 0 Å². The lowest BCUT2D eigenvalue weighted by atomic mass is 9.85. The molecule has 2 aromatic carbocycles. The van der Waals surface area contributed by atoms with Crippen molar-refractivity contribution in [2.45, 2.75) is 32.1 Å². The van der Waals surface area contributed by atoms with Crippen LogP contribution in [0.1, 0.15) is 36.5 Å². The van der Waals surface area contributed by atoms with Crippen molar-refractivity contribution in [1.82, 2.24) is 0 Å². The lowest BCUT2D eigenvalue weighted by Crippen LogP contribution is -2.18. The molecule has 0 unspecified atom stereocenters. The molecule has 0 saturated carbocycles. The fourth-order valence-corrected chi connectivity index (χ4v) is 2.69. The van der Waals surface area contributed by atoms with Crippen LogP contribution in [0.2, 0.25) is 0 Å². The quantitative estimate of drug-likeness (QED) is 0.639. The standard InChI is InChI=1S/C17H14F6O/c1-9(2)13-12(24)8-11(16(18,19)20)14(15(13)17(21,22)23)10-6-4-3-5-7-10/h3-9,24H,1-2H3. The molecule has 1 nitrogen and oxygen atoms in total. The van der Waals surface area contributed by atoms with Gasteiger partial charge in [0.1, 0.15) is 5.75 Å². The summed E-state index contributed by atoms with van der Waals surface area (Å²) in [6.45, 7) is 2.76. The number of aromatic hydroxyl groups is 1. The Bertz CT molecular complexity index is 729. The molecule has 7 heteroatoms. The summed E-state index contributed by atoms with van der Waals surface area (Å²) in [4.78, 5) is 0. The van der Waals surface area contributed by atoms with Gasteiger partial charge in [0.2, 0.25) is 0 Å². The Morgan fingerprint density at radius 1 is 0.875 bits per heavy atom. The van der Waals surface area contributed by atoms with E-state index in [1.54, 1.807) is 0 Å². The van der Waals surface area contributed by atoms with Gasteiger partial charge in [0.05, 0.1) is 11.1 Å². The molecular weight excluding hydrogens is 334 g/mol. The first-order chi connectivity index (χ1) is 10.9. The highest BCUT2D eigenvalue weighted by Crippen LogP contribution is 2.50. The highest BCUT2D eigenvalue weighted by Gasteiger charge is 2.44. The van der Waals surface area contributed by atoms with Crippen LogP contribution in [0, 0.1) is 0 Å². The molecular formula is C17H14F6O. The maximum Gasteiger partial charge on any atom is 0.417 e. The summed E-state index contributed by atoms with van der Waals surface area (Å²) in [5, 5.41) is 9.84. The summed E-state index contributed by atoms with van der Waals surface area (Å²) < 4.78 is 80.9. The molecule has 2 rings (SSSR count). The summed E-state index contributed by atoms with van der Waals surface area (Å²) in [6, 6.07) is 6.94. The first-order valence-corrected chi connectivity index (χ1v) is 7.04. The second-order valence-corrected chi connectivity index (χ2v) is 5.62. The molecule has 1 N–H and O–H groups in total. The zero-order valence-corrected chi connectivity index (χ0v) is 12.8. The predicted molar refractivity (Wildman–Crippen MR) is 77.6 cm³/mol. The van der Waals surface area contributed by atoms with Gasteiger partial charge in [-0.05, 0) is 17.5 Å². The van der Waals surface area contributed by atoms with Crippen LogP contribution in [-0.4, -0.2) is 5.11 Å². The van der Waals surface area contributed by atoms with E-state index in [2.05, 4.69) is 0 Å². The lowest BCUT2D eigenvalue weighted by Gasteiger charge is -2.24. The third kappa shape index (κ3) is 3.34. The van der Waals surface area contributed by atoms with E-state index < -0.39 is 46.3 Å². The molecule has 0 spiro atoms. The fourth-order valence-electron chi connectivity index (χ4n) is 2.69. The third-order valence-electron chi connectivity index (χ3n) is 3.57. The van der Waals surface area contributed by atoms with Crippen molar-refractivity contribution in [2.24, 2.45) is 0 Å². The smallest absolute Gasteiger partial charge is 0.417 e. The fraction of sp³-hybridized carbons (Fsp3) is 0.294. The maximum absolute atomic E-state index is 13.6. The van der Waals surface area contributed by atoms with E-state index in [0.29, 0.717) is 6.07 Å². The van der Waals surface area contributed by atoms with E-state index in [-0.39, 0.29) is 5.56 Å². The number of hydrogen-bond acceptors (Lipinski definition) is 1. The number of hydrogen-bond donors (Lipinski definition) is 1. The van der Waals surface area contributed by atoms with Gasteiger partial charge in [-0.15, -0.1) is 0 Å². The zero-order valence-electron chi connectivity index (χ0n) is 12.8. The van der Waals surface area contributed by atoms with Gasteiger partial charge in [-0.2, -0.15) is 26.3 Å². The molecule has 24 heavy (non-hydrogen) atoms. The molecule has 0 aromatic heterocycles. The molecule has 0 aliphatic carbocycles. The molecule has 0 saturated heterocycles. The Labute approximate surface area is 134 Å². The van der Waals surface area contributed by atoms with Crippen molar-refractivity contribution in [2.75, 3.05) is 0 Å². The predicted octanol–water partition coefficient (Wildman–Crippen LogP) is 6.22. The summed E-state index contributed by atoms with van der Waals surface area (Å²) in [5.74, 6) is -1.82. The Balaban J connectivity index is 3.04. The minimum atomic E-state index is -5.05. The summed E-state index contributed by atoms with van der Waals surface area (Å²) in [7, 11) is 0. The summed E-state index contributed by atoms with van der Waals surface area (Å²) in [6.07, 6.45) is -10.1. The zero-order chi connectivity index (χ0) is 18.3. The second-order valence-electron chi connectivity index (χ2n) is 5.62. The van der Waals surface area contributed by atoms with E-state index in [1.165, 1.54) is 44.2 Å². The van der Waals surface area contributed by atoms with Crippen LogP contribution in [0.3, 0.4) is 0 Å².